The van der Waals surface area contributed by atoms with Crippen LogP contribution in [-0.2, 0) is 0 Å². The van der Waals surface area contributed by atoms with Crippen molar-refractivity contribution in [2.45, 2.75) is 50.3 Å². The highest BCUT2D eigenvalue weighted by atomic mass is 35.5. The molecule has 3 saturated heterocycles. The van der Waals surface area contributed by atoms with Crippen molar-refractivity contribution in [2.24, 2.45) is 4.99 Å². The number of hydrogen-bond donors (Lipinski definition) is 3. The summed E-state index contributed by atoms with van der Waals surface area (Å²) >= 11 is 5.89. The molecule has 1 amide bonds. The van der Waals surface area contributed by atoms with Gasteiger partial charge in [-0.15, -0.1) is 0 Å². The SMILES string of the molecule is N=C1CN(C(=O)c2ccc(F)cc2O[C@H]2C[C@H]3CCC[C@@H](C2)N3)C/C1=C1\N=CC(Cl)=CN1. The fourth-order valence-electron chi connectivity index (χ4n) is 4.92. The number of hydrogen-bond acceptors (Lipinski definition) is 6. The maximum Gasteiger partial charge on any atom is 0.258 e. The summed E-state index contributed by atoms with van der Waals surface area (Å²) in [7, 11) is 0. The number of piperidine rings is 2. The summed E-state index contributed by atoms with van der Waals surface area (Å²) in [5, 5.41) is 15.4. The number of ether oxygens (including phenoxy) is 1. The van der Waals surface area contributed by atoms with Crippen LogP contribution in [0.4, 0.5) is 4.39 Å². The molecule has 1 aromatic rings. The van der Waals surface area contributed by atoms with Gasteiger partial charge in [0.25, 0.3) is 5.91 Å². The Labute approximate surface area is 190 Å². The van der Waals surface area contributed by atoms with Crippen LogP contribution in [0.3, 0.4) is 0 Å². The molecule has 3 fully saturated rings. The lowest BCUT2D eigenvalue weighted by atomic mass is 9.85. The Morgan fingerprint density at radius 2 is 2.03 bits per heavy atom. The number of likely N-dealkylation sites (tertiary alicyclic amines) is 1. The van der Waals surface area contributed by atoms with Crippen molar-refractivity contribution in [3.8, 4) is 5.75 Å². The van der Waals surface area contributed by atoms with Gasteiger partial charge in [-0.1, -0.05) is 18.0 Å². The van der Waals surface area contributed by atoms with Gasteiger partial charge in [-0.25, -0.2) is 9.38 Å². The van der Waals surface area contributed by atoms with Crippen LogP contribution in [0.15, 0.2) is 45.8 Å². The summed E-state index contributed by atoms with van der Waals surface area (Å²) in [5.41, 5.74) is 1.25. The van der Waals surface area contributed by atoms with E-state index >= 15 is 0 Å². The number of rotatable bonds is 3. The lowest BCUT2D eigenvalue weighted by Crippen LogP contribution is -2.51. The van der Waals surface area contributed by atoms with Gasteiger partial charge in [0.05, 0.1) is 29.4 Å². The predicted molar refractivity (Wildman–Crippen MR) is 121 cm³/mol. The predicted octanol–water partition coefficient (Wildman–Crippen LogP) is 3.32. The summed E-state index contributed by atoms with van der Waals surface area (Å²) in [5.74, 6) is 0.0533. The Balaban J connectivity index is 1.35. The minimum Gasteiger partial charge on any atom is -0.489 e. The van der Waals surface area contributed by atoms with E-state index in [0.717, 1.165) is 25.7 Å². The number of aliphatic imine (C=N–C) groups is 1. The Morgan fingerprint density at radius 1 is 1.25 bits per heavy atom. The van der Waals surface area contributed by atoms with Crippen molar-refractivity contribution >= 4 is 29.4 Å². The minimum atomic E-state index is -0.438. The zero-order valence-electron chi connectivity index (χ0n) is 17.5. The summed E-state index contributed by atoms with van der Waals surface area (Å²) in [6.07, 6.45) is 8.21. The molecule has 5 rings (SSSR count). The van der Waals surface area contributed by atoms with E-state index in [9.17, 15) is 9.18 Å². The summed E-state index contributed by atoms with van der Waals surface area (Å²) in [4.78, 5) is 19.1. The van der Waals surface area contributed by atoms with E-state index in [1.807, 2.05) is 0 Å². The number of allylic oxidation sites excluding steroid dienone is 1. The van der Waals surface area contributed by atoms with Crippen molar-refractivity contribution in [2.75, 3.05) is 13.1 Å². The first-order chi connectivity index (χ1) is 15.5. The van der Waals surface area contributed by atoms with E-state index in [1.165, 1.54) is 30.8 Å². The van der Waals surface area contributed by atoms with Crippen LogP contribution >= 0.6 is 11.6 Å². The van der Waals surface area contributed by atoms with Crippen LogP contribution in [0.1, 0.15) is 42.5 Å². The Kier molecular flexibility index (Phi) is 5.73. The van der Waals surface area contributed by atoms with E-state index in [0.29, 0.717) is 39.8 Å². The molecule has 2 bridgehead atoms. The fourth-order valence-corrected chi connectivity index (χ4v) is 5.03. The van der Waals surface area contributed by atoms with E-state index < -0.39 is 5.82 Å². The quantitative estimate of drug-likeness (QED) is 0.649. The monoisotopic (exact) mass is 457 g/mol. The molecule has 0 saturated carbocycles. The third-order valence-electron chi connectivity index (χ3n) is 6.44. The molecule has 0 unspecified atom stereocenters. The Bertz CT molecular complexity index is 1040. The summed E-state index contributed by atoms with van der Waals surface area (Å²) in [6.45, 7) is 0.387. The molecule has 3 atom stereocenters. The lowest BCUT2D eigenvalue weighted by molar-refractivity contribution is 0.0767. The number of nitrogens with one attached hydrogen (secondary N) is 3. The molecule has 4 aliphatic rings. The average Bonchev–Trinajstić information content (AvgIpc) is 3.15. The largest absolute Gasteiger partial charge is 0.489 e. The van der Waals surface area contributed by atoms with Gasteiger partial charge in [0.15, 0.2) is 0 Å². The number of fused-ring (bicyclic) bond motifs is 2. The number of halogens is 2. The smallest absolute Gasteiger partial charge is 0.258 e. The maximum atomic E-state index is 14.1. The number of carbonyl (C=O) groups is 1. The highest BCUT2D eigenvalue weighted by Gasteiger charge is 2.34. The number of amides is 1. The highest BCUT2D eigenvalue weighted by Crippen LogP contribution is 2.31. The molecule has 4 heterocycles. The van der Waals surface area contributed by atoms with Crippen molar-refractivity contribution in [1.29, 1.82) is 5.41 Å². The van der Waals surface area contributed by atoms with E-state index in [4.69, 9.17) is 21.7 Å². The molecule has 0 aliphatic carbocycles. The van der Waals surface area contributed by atoms with Gasteiger partial charge >= 0.3 is 0 Å². The number of carbonyl (C=O) groups excluding carboxylic acids is 1. The van der Waals surface area contributed by atoms with Gasteiger partial charge < -0.3 is 25.7 Å². The van der Waals surface area contributed by atoms with Crippen LogP contribution in [-0.4, -0.2) is 54.0 Å². The number of nitrogens with zero attached hydrogens (tertiary/aromatic N) is 2. The first-order valence-electron chi connectivity index (χ1n) is 10.9. The molecule has 0 spiro atoms. The molecule has 4 aliphatic heterocycles. The van der Waals surface area contributed by atoms with Gasteiger partial charge in [0.2, 0.25) is 0 Å². The van der Waals surface area contributed by atoms with Crippen LogP contribution in [0.25, 0.3) is 0 Å². The van der Waals surface area contributed by atoms with Gasteiger partial charge in [-0.3, -0.25) is 4.79 Å². The lowest BCUT2D eigenvalue weighted by Gasteiger charge is -2.40. The molecule has 32 heavy (non-hydrogen) atoms. The summed E-state index contributed by atoms with van der Waals surface area (Å²) < 4.78 is 20.3. The van der Waals surface area contributed by atoms with Crippen molar-refractivity contribution < 1.29 is 13.9 Å². The van der Waals surface area contributed by atoms with Crippen molar-refractivity contribution in [3.63, 3.8) is 0 Å². The zero-order chi connectivity index (χ0) is 22.2. The number of benzene rings is 1. The Morgan fingerprint density at radius 3 is 2.75 bits per heavy atom. The molecular weight excluding hydrogens is 433 g/mol. The van der Waals surface area contributed by atoms with Crippen LogP contribution < -0.4 is 15.4 Å². The highest BCUT2D eigenvalue weighted by molar-refractivity contribution is 6.39. The topological polar surface area (TPSA) is 89.8 Å². The third-order valence-corrected chi connectivity index (χ3v) is 6.64. The zero-order valence-corrected chi connectivity index (χ0v) is 18.3. The molecule has 7 nitrogen and oxygen atoms in total. The van der Waals surface area contributed by atoms with Gasteiger partial charge in [-0.2, -0.15) is 0 Å². The molecule has 168 valence electrons. The average molecular weight is 458 g/mol. The first-order valence-corrected chi connectivity index (χ1v) is 11.3. The standard InChI is InChI=1S/C23H25ClFN5O2/c24-13-9-27-22(28-10-13)19-11-30(12-20(19)26)23(31)18-5-4-14(25)6-21(18)32-17-7-15-2-1-3-16(8-17)29-15/h4-6,9-10,15-17,26-27,29H,1-3,7-8,11-12H2/b22-19+,26-20?/t15-,16+,17+. The van der Waals surface area contributed by atoms with Gasteiger partial charge in [-0.05, 0) is 37.8 Å². The Hall–Kier alpha value is -2.71. The van der Waals surface area contributed by atoms with Gasteiger partial charge in [0.1, 0.15) is 23.5 Å². The van der Waals surface area contributed by atoms with Crippen LogP contribution in [0.5, 0.6) is 5.75 Å². The third kappa shape index (κ3) is 4.29. The second kappa shape index (κ2) is 8.67. The van der Waals surface area contributed by atoms with Crippen molar-refractivity contribution in [1.82, 2.24) is 15.5 Å². The van der Waals surface area contributed by atoms with Crippen molar-refractivity contribution in [3.05, 3.63) is 52.2 Å². The maximum absolute atomic E-state index is 14.1. The van der Waals surface area contributed by atoms with E-state index in [1.54, 1.807) is 11.1 Å². The molecule has 9 heteroatoms. The molecule has 0 radical (unpaired) electrons. The van der Waals surface area contributed by atoms with Gasteiger partial charge in [0, 0.05) is 36.1 Å². The van der Waals surface area contributed by atoms with E-state index in [-0.39, 0.29) is 30.9 Å². The van der Waals surface area contributed by atoms with E-state index in [2.05, 4.69) is 15.6 Å². The second-order valence-electron chi connectivity index (χ2n) is 8.74. The molecule has 3 N–H and O–H groups in total. The normalized spacial score (nSPS) is 29.6. The minimum absolute atomic E-state index is 0.0493. The second-order valence-corrected chi connectivity index (χ2v) is 9.18. The molecular formula is C23H25ClFN5O2. The van der Waals surface area contributed by atoms with Crippen LogP contribution in [0, 0.1) is 11.2 Å². The summed E-state index contributed by atoms with van der Waals surface area (Å²) in [6, 6.07) is 4.88. The molecule has 1 aromatic carbocycles. The first kappa shape index (κ1) is 21.2. The fraction of sp³-hybridized carbons (Fsp3) is 0.435. The van der Waals surface area contributed by atoms with Crippen LogP contribution in [0.2, 0.25) is 0 Å². The molecule has 0 aromatic heterocycles.